The van der Waals surface area contributed by atoms with Gasteiger partial charge in [-0.15, -0.1) is 0 Å². The summed E-state index contributed by atoms with van der Waals surface area (Å²) in [5.41, 5.74) is -0.848. The van der Waals surface area contributed by atoms with E-state index in [4.69, 9.17) is 4.74 Å². The fourth-order valence-corrected chi connectivity index (χ4v) is 3.67. The van der Waals surface area contributed by atoms with E-state index in [0.717, 1.165) is 0 Å². The summed E-state index contributed by atoms with van der Waals surface area (Å²) in [5, 5.41) is 2.84. The number of ketones is 1. The van der Waals surface area contributed by atoms with Crippen molar-refractivity contribution in [1.82, 2.24) is 10.2 Å². The number of ether oxygens (including phenoxy) is 1. The Balaban J connectivity index is 2.31. The minimum absolute atomic E-state index is 0.00206. The van der Waals surface area contributed by atoms with Gasteiger partial charge in [-0.1, -0.05) is 34.6 Å². The molecule has 0 aliphatic carbocycles. The molecule has 1 aliphatic rings. The predicted molar refractivity (Wildman–Crippen MR) is 116 cm³/mol. The molecule has 1 aliphatic heterocycles. The van der Waals surface area contributed by atoms with Crippen LogP contribution >= 0.6 is 0 Å². The zero-order valence-electron chi connectivity index (χ0n) is 19.8. The maximum absolute atomic E-state index is 12.3. The van der Waals surface area contributed by atoms with Crippen molar-refractivity contribution in [3.63, 3.8) is 0 Å². The molecule has 172 valence electrons. The molecule has 1 saturated heterocycles. The van der Waals surface area contributed by atoms with E-state index in [0.29, 0.717) is 32.4 Å². The number of nitrogens with zero attached hydrogens (tertiary/aromatic N) is 1. The molecule has 1 atom stereocenters. The van der Waals surface area contributed by atoms with Gasteiger partial charge in [0.25, 0.3) is 0 Å². The van der Waals surface area contributed by atoms with Gasteiger partial charge in [0.15, 0.2) is 0 Å². The lowest BCUT2D eigenvalue weighted by molar-refractivity contribution is -0.139. The zero-order valence-corrected chi connectivity index (χ0v) is 19.8. The Morgan fingerprint density at radius 2 is 1.80 bits per heavy atom. The number of Topliss-reactive ketones (excluding diaryl/α,β-unsaturated/α-hetero) is 1. The fraction of sp³-hybridized carbons (Fsp3) is 0.826. The Kier molecular flexibility index (Phi) is 9.66. The average Bonchev–Trinajstić information content (AvgIpc) is 2.91. The second-order valence-electron chi connectivity index (χ2n) is 9.80. The number of rotatable bonds is 13. The van der Waals surface area contributed by atoms with Crippen LogP contribution in [-0.4, -0.2) is 53.7 Å². The lowest BCUT2D eigenvalue weighted by Crippen LogP contribution is -2.37. The predicted octanol–water partition coefficient (Wildman–Crippen LogP) is 3.10. The first-order valence-electron chi connectivity index (χ1n) is 11.1. The van der Waals surface area contributed by atoms with Gasteiger partial charge in [0.1, 0.15) is 5.78 Å². The van der Waals surface area contributed by atoms with Crippen molar-refractivity contribution in [2.24, 2.45) is 17.3 Å². The van der Waals surface area contributed by atoms with E-state index in [1.54, 1.807) is 0 Å². The van der Waals surface area contributed by atoms with E-state index < -0.39 is 11.0 Å². The molecular formula is C23H40N2O5. The number of nitrogens with one attached hydrogen (secondary N) is 1. The summed E-state index contributed by atoms with van der Waals surface area (Å²) >= 11 is 0. The van der Waals surface area contributed by atoms with Crippen LogP contribution in [0.3, 0.4) is 0 Å². The third kappa shape index (κ3) is 7.82. The SMILES string of the molecule is CCC1CC(=O)N(CCC(=O)NCCC(C)(C)OCCC(C)(C)C(=O)C(C)C)C1=O. The van der Waals surface area contributed by atoms with Crippen molar-refractivity contribution in [3.8, 4) is 0 Å². The van der Waals surface area contributed by atoms with Gasteiger partial charge in [-0.3, -0.25) is 24.1 Å². The molecule has 0 aromatic carbocycles. The van der Waals surface area contributed by atoms with Crippen molar-refractivity contribution >= 4 is 23.5 Å². The summed E-state index contributed by atoms with van der Waals surface area (Å²) in [4.78, 5) is 49.5. The number of likely N-dealkylation sites (tertiary alicyclic amines) is 1. The molecule has 1 rings (SSSR count). The molecule has 0 radical (unpaired) electrons. The number of hydrogen-bond donors (Lipinski definition) is 1. The summed E-state index contributed by atoms with van der Waals surface area (Å²) < 4.78 is 5.97. The zero-order chi connectivity index (χ0) is 23.1. The summed E-state index contributed by atoms with van der Waals surface area (Å²) in [6.45, 7) is 14.6. The van der Waals surface area contributed by atoms with Gasteiger partial charge >= 0.3 is 0 Å². The Bertz CT molecular complexity index is 640. The van der Waals surface area contributed by atoms with Crippen molar-refractivity contribution < 1.29 is 23.9 Å². The topological polar surface area (TPSA) is 92.8 Å². The van der Waals surface area contributed by atoms with Gasteiger partial charge in [0, 0.05) is 49.8 Å². The van der Waals surface area contributed by atoms with E-state index in [9.17, 15) is 19.2 Å². The Hall–Kier alpha value is -1.76. The molecule has 7 heteroatoms. The molecular weight excluding hydrogens is 384 g/mol. The van der Waals surface area contributed by atoms with Crippen LogP contribution in [0.25, 0.3) is 0 Å². The summed E-state index contributed by atoms with van der Waals surface area (Å²) in [7, 11) is 0. The molecule has 1 unspecified atom stereocenters. The molecule has 1 heterocycles. The molecule has 0 aromatic rings. The quantitative estimate of drug-likeness (QED) is 0.459. The second-order valence-corrected chi connectivity index (χ2v) is 9.80. The molecule has 0 saturated carbocycles. The fourth-order valence-electron chi connectivity index (χ4n) is 3.67. The van der Waals surface area contributed by atoms with E-state index >= 15 is 0 Å². The average molecular weight is 425 g/mol. The van der Waals surface area contributed by atoms with Crippen LogP contribution in [0.2, 0.25) is 0 Å². The first-order valence-corrected chi connectivity index (χ1v) is 11.1. The Morgan fingerprint density at radius 3 is 2.33 bits per heavy atom. The summed E-state index contributed by atoms with van der Waals surface area (Å²) in [6.07, 6.45) is 2.28. The molecule has 3 amide bonds. The maximum Gasteiger partial charge on any atom is 0.232 e. The third-order valence-corrected chi connectivity index (χ3v) is 5.85. The lowest BCUT2D eigenvalue weighted by atomic mass is 9.80. The van der Waals surface area contributed by atoms with Gasteiger partial charge in [0.05, 0.1) is 5.60 Å². The van der Waals surface area contributed by atoms with Gasteiger partial charge in [0.2, 0.25) is 17.7 Å². The Morgan fingerprint density at radius 1 is 1.17 bits per heavy atom. The Labute approximate surface area is 181 Å². The number of imide groups is 1. The molecule has 1 fully saturated rings. The van der Waals surface area contributed by atoms with E-state index in [-0.39, 0.29) is 54.7 Å². The van der Waals surface area contributed by atoms with Gasteiger partial charge in [-0.25, -0.2) is 0 Å². The summed E-state index contributed by atoms with van der Waals surface area (Å²) in [6, 6.07) is 0. The minimum Gasteiger partial charge on any atom is -0.375 e. The third-order valence-electron chi connectivity index (χ3n) is 5.85. The molecule has 7 nitrogen and oxygen atoms in total. The highest BCUT2D eigenvalue weighted by atomic mass is 16.5. The van der Waals surface area contributed by atoms with Crippen molar-refractivity contribution in [1.29, 1.82) is 0 Å². The van der Waals surface area contributed by atoms with E-state index in [2.05, 4.69) is 5.32 Å². The highest BCUT2D eigenvalue weighted by Gasteiger charge is 2.37. The van der Waals surface area contributed by atoms with E-state index in [1.165, 1.54) is 4.90 Å². The summed E-state index contributed by atoms with van der Waals surface area (Å²) in [5.74, 6) is -0.537. The van der Waals surface area contributed by atoms with Gasteiger partial charge in [-0.05, 0) is 33.1 Å². The number of carbonyl (C=O) groups is 4. The number of hydrogen-bond acceptors (Lipinski definition) is 5. The van der Waals surface area contributed by atoms with Crippen LogP contribution in [0, 0.1) is 17.3 Å². The maximum atomic E-state index is 12.3. The van der Waals surface area contributed by atoms with Gasteiger partial charge in [-0.2, -0.15) is 0 Å². The van der Waals surface area contributed by atoms with Crippen LogP contribution in [0.5, 0.6) is 0 Å². The van der Waals surface area contributed by atoms with Gasteiger partial charge < -0.3 is 10.1 Å². The highest BCUT2D eigenvalue weighted by molar-refractivity contribution is 6.03. The van der Waals surface area contributed by atoms with Crippen LogP contribution in [0.1, 0.15) is 80.6 Å². The second kappa shape index (κ2) is 11.0. The standard InChI is InChI=1S/C23H40N2O5/c1-8-17-15-19(27)25(21(17)29)13-9-18(26)24-12-10-23(6,7)30-14-11-22(4,5)20(28)16(2)3/h16-17H,8-15H2,1-7H3,(H,24,26). The lowest BCUT2D eigenvalue weighted by Gasteiger charge is -2.29. The van der Waals surface area contributed by atoms with Crippen molar-refractivity contribution in [3.05, 3.63) is 0 Å². The number of carbonyl (C=O) groups excluding carboxylic acids is 4. The molecule has 0 spiro atoms. The van der Waals surface area contributed by atoms with Crippen LogP contribution < -0.4 is 5.32 Å². The highest BCUT2D eigenvalue weighted by Crippen LogP contribution is 2.27. The molecule has 30 heavy (non-hydrogen) atoms. The first-order chi connectivity index (χ1) is 13.8. The van der Waals surface area contributed by atoms with Crippen molar-refractivity contribution in [2.45, 2.75) is 86.2 Å². The molecule has 0 aromatic heterocycles. The number of amides is 3. The molecule has 1 N–H and O–H groups in total. The van der Waals surface area contributed by atoms with Crippen LogP contribution in [0.4, 0.5) is 0 Å². The van der Waals surface area contributed by atoms with E-state index in [1.807, 2.05) is 48.5 Å². The largest absolute Gasteiger partial charge is 0.375 e. The first kappa shape index (κ1) is 26.3. The van der Waals surface area contributed by atoms with Crippen LogP contribution in [-0.2, 0) is 23.9 Å². The normalized spacial score (nSPS) is 17.7. The molecule has 0 bridgehead atoms. The smallest absolute Gasteiger partial charge is 0.232 e. The van der Waals surface area contributed by atoms with Crippen molar-refractivity contribution in [2.75, 3.05) is 19.7 Å². The minimum atomic E-state index is -0.431. The van der Waals surface area contributed by atoms with Crippen LogP contribution in [0.15, 0.2) is 0 Å². The monoisotopic (exact) mass is 424 g/mol.